The molecule has 0 aromatic rings. The molecule has 0 atom stereocenters. The predicted octanol–water partition coefficient (Wildman–Crippen LogP) is -1.17. The number of halogens is 1. The molecule has 0 unspecified atom stereocenters. The zero-order valence-corrected chi connectivity index (χ0v) is 6.33. The van der Waals surface area contributed by atoms with Crippen LogP contribution in [0.4, 0.5) is 0 Å². The molecule has 0 aromatic carbocycles. The van der Waals surface area contributed by atoms with Crippen LogP contribution in [0.3, 0.4) is 0 Å². The summed E-state index contributed by atoms with van der Waals surface area (Å²) in [5, 5.41) is 21.5. The third-order valence-corrected chi connectivity index (χ3v) is 0. The van der Waals surface area contributed by atoms with Crippen LogP contribution in [0.5, 0.6) is 0 Å². The molecule has 6 heavy (non-hydrogen) atoms. The molecule has 0 aromatic heterocycles. The summed E-state index contributed by atoms with van der Waals surface area (Å²) in [6.07, 6.45) is 0. The number of rotatable bonds is 0. The first kappa shape index (κ1) is 10.3. The van der Waals surface area contributed by atoms with Crippen molar-refractivity contribution in [3.63, 3.8) is 0 Å². The summed E-state index contributed by atoms with van der Waals surface area (Å²) in [4.78, 5) is 0. The molecule has 3 nitrogen and oxygen atoms in total. The molecule has 0 aliphatic heterocycles. The molecule has 41 valence electrons. The Bertz CT molecular complexity index is 15.5. The molecule has 0 saturated carbocycles. The van der Waals surface area contributed by atoms with E-state index in [1.165, 1.54) is 0 Å². The van der Waals surface area contributed by atoms with Gasteiger partial charge in [0.1, 0.15) is 0 Å². The van der Waals surface area contributed by atoms with Crippen LogP contribution in [-0.2, 0) is 15.6 Å². The topological polar surface area (TPSA) is 60.7 Å². The minimum atomic E-state index is -2.17. The van der Waals surface area contributed by atoms with Crippen LogP contribution >= 0.6 is 19.5 Å². The summed E-state index contributed by atoms with van der Waals surface area (Å²) < 4.78 is 0. The maximum atomic E-state index is 7.17. The fraction of sp³-hybridized carbons (Fsp3) is 0. The van der Waals surface area contributed by atoms with Gasteiger partial charge in [-0.1, -0.05) is 0 Å². The quantitative estimate of drug-likeness (QED) is 0.390. The summed E-state index contributed by atoms with van der Waals surface area (Å²) in [6.45, 7) is 0. The van der Waals surface area contributed by atoms with Crippen molar-refractivity contribution in [1.29, 1.82) is 0 Å². The van der Waals surface area contributed by atoms with Crippen LogP contribution in [0.1, 0.15) is 0 Å². The summed E-state index contributed by atoms with van der Waals surface area (Å²) in [5.41, 5.74) is 0. The van der Waals surface area contributed by atoms with Crippen LogP contribution in [0.15, 0.2) is 0 Å². The van der Waals surface area contributed by atoms with Gasteiger partial charge in [-0.05, 0) is 0 Å². The predicted molar refractivity (Wildman–Crippen MR) is 26.4 cm³/mol. The number of hydrogen-bond acceptors (Lipinski definition) is 3. The Morgan fingerprint density at radius 2 is 1.17 bits per heavy atom. The van der Waals surface area contributed by atoms with Crippen molar-refractivity contribution in [2.75, 3.05) is 0 Å². The zero-order valence-electron chi connectivity index (χ0n) is 2.61. The summed E-state index contributed by atoms with van der Waals surface area (Å²) in [5.74, 6) is 0. The average Bonchev–Trinajstić information content (AvgIpc) is 1.41. The molecule has 0 aliphatic carbocycles. The minimum absolute atomic E-state index is 2.00. The van der Waals surface area contributed by atoms with E-state index >= 15 is 0 Å². The van der Waals surface area contributed by atoms with E-state index in [4.69, 9.17) is 15.1 Å². The molecule has 0 heterocycles. The molecule has 0 radical (unpaired) electrons. The molecule has 6 heteroatoms. The third-order valence-electron chi connectivity index (χ3n) is 0. The molecular weight excluding hydrogens is 292 g/mol. The van der Waals surface area contributed by atoms with Gasteiger partial charge in [-0.3, -0.25) is 0 Å². The second-order valence-corrected chi connectivity index (χ2v) is 0.346. The Morgan fingerprint density at radius 1 is 1.17 bits per heavy atom. The molecule has 0 aliphatic rings. The van der Waals surface area contributed by atoms with E-state index in [9.17, 15) is 0 Å². The van der Waals surface area contributed by atoms with Crippen molar-refractivity contribution in [2.24, 2.45) is 0 Å². The number of hydrogen-bond donors (Lipinski definition) is 3. The van der Waals surface area contributed by atoms with Gasteiger partial charge in [0, 0.05) is 0 Å². The maximum absolute atomic E-state index is 7.17. The van der Waals surface area contributed by atoms with E-state index in [1.807, 2.05) is 19.5 Å². The Morgan fingerprint density at radius 3 is 1.17 bits per heavy atom. The molecule has 3 N–H and O–H groups in total. The zero-order chi connectivity index (χ0) is 5.58. The van der Waals surface area contributed by atoms with Gasteiger partial charge in [0.05, 0.1) is 0 Å². The van der Waals surface area contributed by atoms with Crippen molar-refractivity contribution >= 4 is 26.8 Å². The molecule has 0 amide bonds. The average molecular weight is 295 g/mol. The second-order valence-electron chi connectivity index (χ2n) is 0.346. The molecule has 0 bridgehead atoms. The summed E-state index contributed by atoms with van der Waals surface area (Å²) >= 11 is 4.72. The normalized spacial score (nSPS) is 5.67. The van der Waals surface area contributed by atoms with E-state index in [0.717, 1.165) is 0 Å². The van der Waals surface area contributed by atoms with Crippen LogP contribution in [0.25, 0.3) is 0 Å². The monoisotopic (exact) mass is 295 g/mol. The molecule has 0 spiro atoms. The van der Waals surface area contributed by atoms with E-state index < -0.39 is 7.32 Å². The van der Waals surface area contributed by atoms with Gasteiger partial charge in [-0.25, -0.2) is 0 Å². The van der Waals surface area contributed by atoms with Gasteiger partial charge in [0.15, 0.2) is 0 Å². The van der Waals surface area contributed by atoms with Crippen LogP contribution < -0.4 is 0 Å². The first-order valence-electron chi connectivity index (χ1n) is 0.894. The molecular formula is H3BIO3Pd. The van der Waals surface area contributed by atoms with Crippen molar-refractivity contribution < 1.29 is 30.7 Å². The van der Waals surface area contributed by atoms with E-state index in [0.29, 0.717) is 0 Å². The van der Waals surface area contributed by atoms with Gasteiger partial charge in [-0.2, -0.15) is 0 Å². The van der Waals surface area contributed by atoms with Gasteiger partial charge in [-0.15, -0.1) is 0 Å². The van der Waals surface area contributed by atoms with Crippen LogP contribution in [0, 0.1) is 0 Å². The third kappa shape index (κ3) is 56.1. The van der Waals surface area contributed by atoms with Crippen molar-refractivity contribution in [2.45, 2.75) is 0 Å². The molecule has 0 saturated heterocycles. The van der Waals surface area contributed by atoms with Crippen molar-refractivity contribution in [3.05, 3.63) is 0 Å². The standard InChI is InChI=1S/BH3O3.HI.Pd/c2-1(3)4;;/h2-4H;1H;/q;;+1/p-1. The fourth-order valence-electron chi connectivity index (χ4n) is 0. The van der Waals surface area contributed by atoms with Gasteiger partial charge >= 0.3 is 42.4 Å². The van der Waals surface area contributed by atoms with Crippen LogP contribution in [-0.4, -0.2) is 22.4 Å². The Hall–Kier alpha value is 1.34. The summed E-state index contributed by atoms with van der Waals surface area (Å²) in [6, 6.07) is 0. The first-order valence-corrected chi connectivity index (χ1v) is 5.52. The summed E-state index contributed by atoms with van der Waals surface area (Å²) in [7, 11) is -2.17. The van der Waals surface area contributed by atoms with Crippen molar-refractivity contribution in [1.82, 2.24) is 0 Å². The van der Waals surface area contributed by atoms with Gasteiger partial charge in [0.25, 0.3) is 0 Å². The van der Waals surface area contributed by atoms with Crippen molar-refractivity contribution in [3.8, 4) is 0 Å². The Labute approximate surface area is 57.3 Å². The fourth-order valence-corrected chi connectivity index (χ4v) is 0. The van der Waals surface area contributed by atoms with Gasteiger partial charge < -0.3 is 15.1 Å². The Balaban J connectivity index is 0. The van der Waals surface area contributed by atoms with E-state index in [1.54, 1.807) is 0 Å². The van der Waals surface area contributed by atoms with Gasteiger partial charge in [0.2, 0.25) is 0 Å². The van der Waals surface area contributed by atoms with E-state index in [2.05, 4.69) is 15.6 Å². The first-order chi connectivity index (χ1) is 2.73. The molecule has 0 rings (SSSR count). The Kier molecular flexibility index (Phi) is 16.5. The molecule has 0 fully saturated rings. The second kappa shape index (κ2) is 9.60. The SMILES string of the molecule is OB(O)O.[Pd][I]. The van der Waals surface area contributed by atoms with Crippen LogP contribution in [0.2, 0.25) is 0 Å². The van der Waals surface area contributed by atoms with E-state index in [-0.39, 0.29) is 0 Å².